The van der Waals surface area contributed by atoms with Gasteiger partial charge in [-0.05, 0) is 29.2 Å². The van der Waals surface area contributed by atoms with Crippen LogP contribution in [0.3, 0.4) is 0 Å². The van der Waals surface area contributed by atoms with E-state index < -0.39 is 6.09 Å². The van der Waals surface area contributed by atoms with E-state index in [4.69, 9.17) is 9.47 Å². The zero-order valence-electron chi connectivity index (χ0n) is 15.8. The van der Waals surface area contributed by atoms with Gasteiger partial charge in [0.15, 0.2) is 0 Å². The van der Waals surface area contributed by atoms with Crippen LogP contribution in [-0.4, -0.2) is 44.9 Å². The van der Waals surface area contributed by atoms with Gasteiger partial charge in [0, 0.05) is 19.0 Å². The van der Waals surface area contributed by atoms with Crippen LogP contribution in [0.5, 0.6) is 0 Å². The lowest BCUT2D eigenvalue weighted by atomic mass is 9.98. The number of alkyl carbamates (subject to hydrolysis) is 1. The van der Waals surface area contributed by atoms with Gasteiger partial charge in [0.05, 0.1) is 13.2 Å². The first kappa shape index (κ1) is 21.7. The molecule has 0 bridgehead atoms. The van der Waals surface area contributed by atoms with Gasteiger partial charge >= 0.3 is 12.1 Å². The molecular formula is C21H25ClN2O4. The van der Waals surface area contributed by atoms with Crippen molar-refractivity contribution in [2.45, 2.75) is 12.8 Å². The number of rotatable bonds is 8. The Morgan fingerprint density at radius 1 is 0.929 bits per heavy atom. The Morgan fingerprint density at radius 3 is 2.14 bits per heavy atom. The highest BCUT2D eigenvalue weighted by molar-refractivity contribution is 5.85. The molecule has 3 rings (SSSR count). The summed E-state index contributed by atoms with van der Waals surface area (Å²) in [4.78, 5) is 23.2. The van der Waals surface area contributed by atoms with E-state index in [1.54, 1.807) is 6.92 Å². The Bertz CT molecular complexity index is 767. The normalized spacial score (nSPS) is 11.8. The molecule has 2 aromatic rings. The first-order valence-corrected chi connectivity index (χ1v) is 9.16. The predicted molar refractivity (Wildman–Crippen MR) is 110 cm³/mol. The van der Waals surface area contributed by atoms with E-state index in [-0.39, 0.29) is 37.4 Å². The van der Waals surface area contributed by atoms with Crippen LogP contribution < -0.4 is 10.6 Å². The molecule has 0 unspecified atom stereocenters. The van der Waals surface area contributed by atoms with E-state index in [1.807, 2.05) is 24.3 Å². The monoisotopic (exact) mass is 404 g/mol. The number of hydrogen-bond donors (Lipinski definition) is 2. The van der Waals surface area contributed by atoms with Crippen molar-refractivity contribution in [3.05, 3.63) is 59.7 Å². The van der Waals surface area contributed by atoms with Gasteiger partial charge in [-0.1, -0.05) is 48.5 Å². The lowest BCUT2D eigenvalue weighted by molar-refractivity contribution is -0.141. The maximum atomic E-state index is 12.0. The quantitative estimate of drug-likeness (QED) is 0.522. The molecule has 0 radical (unpaired) electrons. The minimum absolute atomic E-state index is 0. The fourth-order valence-electron chi connectivity index (χ4n) is 3.30. The van der Waals surface area contributed by atoms with E-state index in [2.05, 4.69) is 34.9 Å². The average molecular weight is 405 g/mol. The maximum Gasteiger partial charge on any atom is 0.407 e. The van der Waals surface area contributed by atoms with Crippen LogP contribution in [0.4, 0.5) is 4.79 Å². The predicted octanol–water partition coefficient (Wildman–Crippen LogP) is 3.10. The minimum atomic E-state index is -0.463. The Balaban J connectivity index is 0.00000280. The third-order valence-electron chi connectivity index (χ3n) is 4.49. The summed E-state index contributed by atoms with van der Waals surface area (Å²) in [6, 6.07) is 16.4. The third-order valence-corrected chi connectivity index (χ3v) is 4.49. The van der Waals surface area contributed by atoms with Gasteiger partial charge in [-0.2, -0.15) is 0 Å². The van der Waals surface area contributed by atoms with Crippen LogP contribution in [0.1, 0.15) is 24.0 Å². The molecule has 0 aliphatic heterocycles. The number of amides is 1. The number of ether oxygens (including phenoxy) is 2. The van der Waals surface area contributed by atoms with Crippen LogP contribution >= 0.6 is 12.4 Å². The van der Waals surface area contributed by atoms with Crippen molar-refractivity contribution in [2.24, 2.45) is 0 Å². The number of carbonyl (C=O) groups is 2. The lowest BCUT2D eigenvalue weighted by Crippen LogP contribution is -2.35. The largest absolute Gasteiger partial charge is 0.465 e. The van der Waals surface area contributed by atoms with Crippen LogP contribution in [-0.2, 0) is 14.3 Å². The molecule has 0 aromatic heterocycles. The van der Waals surface area contributed by atoms with Crippen molar-refractivity contribution in [1.82, 2.24) is 10.6 Å². The average Bonchev–Trinajstić information content (AvgIpc) is 3.00. The molecule has 6 nitrogen and oxygen atoms in total. The Hall–Kier alpha value is -2.57. The van der Waals surface area contributed by atoms with Crippen LogP contribution in [0.2, 0.25) is 0 Å². The number of halogens is 1. The second-order valence-electron chi connectivity index (χ2n) is 6.23. The van der Waals surface area contributed by atoms with E-state index in [9.17, 15) is 9.59 Å². The lowest BCUT2D eigenvalue weighted by Gasteiger charge is -2.14. The summed E-state index contributed by atoms with van der Waals surface area (Å²) in [5, 5.41) is 5.59. The van der Waals surface area contributed by atoms with Gasteiger partial charge < -0.3 is 20.1 Å². The van der Waals surface area contributed by atoms with E-state index in [1.165, 1.54) is 22.3 Å². The fourth-order valence-corrected chi connectivity index (χ4v) is 3.30. The van der Waals surface area contributed by atoms with Gasteiger partial charge in [-0.3, -0.25) is 4.79 Å². The molecule has 2 aromatic carbocycles. The highest BCUT2D eigenvalue weighted by Crippen LogP contribution is 2.44. The summed E-state index contributed by atoms with van der Waals surface area (Å²) >= 11 is 0. The van der Waals surface area contributed by atoms with Crippen molar-refractivity contribution in [3.8, 4) is 11.1 Å². The van der Waals surface area contributed by atoms with Gasteiger partial charge in [0.1, 0.15) is 6.61 Å². The zero-order chi connectivity index (χ0) is 19.1. The summed E-state index contributed by atoms with van der Waals surface area (Å²) in [6.45, 7) is 3.37. The van der Waals surface area contributed by atoms with Gasteiger partial charge in [-0.25, -0.2) is 4.79 Å². The van der Waals surface area contributed by atoms with Crippen LogP contribution in [0.15, 0.2) is 48.5 Å². The molecule has 1 amide bonds. The van der Waals surface area contributed by atoms with Gasteiger partial charge in [0.2, 0.25) is 0 Å². The zero-order valence-corrected chi connectivity index (χ0v) is 16.6. The van der Waals surface area contributed by atoms with Crippen LogP contribution in [0.25, 0.3) is 11.1 Å². The summed E-state index contributed by atoms with van der Waals surface area (Å²) < 4.78 is 10.2. The number of carbonyl (C=O) groups excluding carboxylic acids is 2. The number of esters is 1. The first-order chi connectivity index (χ1) is 13.2. The number of fused-ring (bicyclic) bond motifs is 3. The van der Waals surface area contributed by atoms with Crippen LogP contribution in [0, 0.1) is 0 Å². The van der Waals surface area contributed by atoms with E-state index in [0.29, 0.717) is 19.7 Å². The van der Waals surface area contributed by atoms with E-state index >= 15 is 0 Å². The molecule has 7 heteroatoms. The molecule has 1 aliphatic rings. The van der Waals surface area contributed by atoms with Gasteiger partial charge in [0.25, 0.3) is 0 Å². The third kappa shape index (κ3) is 5.24. The SMILES string of the molecule is CCOC(=O)CNCCNC(=O)OCC1c2ccccc2-c2ccccc21.Cl. The molecule has 0 saturated heterocycles. The van der Waals surface area contributed by atoms with Crippen molar-refractivity contribution < 1.29 is 19.1 Å². The number of hydrogen-bond acceptors (Lipinski definition) is 5. The summed E-state index contributed by atoms with van der Waals surface area (Å²) in [5.41, 5.74) is 4.76. The van der Waals surface area contributed by atoms with Gasteiger partial charge in [-0.15, -0.1) is 12.4 Å². The Labute approximate surface area is 171 Å². The van der Waals surface area contributed by atoms with E-state index in [0.717, 1.165) is 0 Å². The highest BCUT2D eigenvalue weighted by Gasteiger charge is 2.28. The smallest absolute Gasteiger partial charge is 0.407 e. The van der Waals surface area contributed by atoms with Crippen molar-refractivity contribution in [1.29, 1.82) is 0 Å². The molecule has 150 valence electrons. The first-order valence-electron chi connectivity index (χ1n) is 9.16. The molecule has 0 spiro atoms. The summed E-state index contributed by atoms with van der Waals surface area (Å²) in [5.74, 6) is -0.260. The Morgan fingerprint density at radius 2 is 1.54 bits per heavy atom. The second kappa shape index (κ2) is 10.7. The Kier molecular flexibility index (Phi) is 8.29. The topological polar surface area (TPSA) is 76.7 Å². The molecule has 0 fully saturated rings. The van der Waals surface area contributed by atoms with Crippen molar-refractivity contribution >= 4 is 24.5 Å². The number of nitrogens with one attached hydrogen (secondary N) is 2. The molecule has 28 heavy (non-hydrogen) atoms. The molecule has 0 atom stereocenters. The standard InChI is InChI=1S/C21H24N2O4.ClH/c1-2-26-20(24)13-22-11-12-23-21(25)27-14-19-17-9-5-3-7-15(17)16-8-4-6-10-18(16)19;/h3-10,19,22H,2,11-14H2,1H3,(H,23,25);1H. The molecular weight excluding hydrogens is 380 g/mol. The fraction of sp³-hybridized carbons (Fsp3) is 0.333. The number of benzene rings is 2. The minimum Gasteiger partial charge on any atom is -0.465 e. The molecule has 0 heterocycles. The van der Waals surface area contributed by atoms with Crippen molar-refractivity contribution in [3.63, 3.8) is 0 Å². The van der Waals surface area contributed by atoms with Crippen molar-refractivity contribution in [2.75, 3.05) is 32.8 Å². The highest BCUT2D eigenvalue weighted by atomic mass is 35.5. The molecule has 2 N–H and O–H groups in total. The second-order valence-corrected chi connectivity index (χ2v) is 6.23. The molecule has 1 aliphatic carbocycles. The summed E-state index contributed by atoms with van der Waals surface area (Å²) in [6.07, 6.45) is -0.463. The summed E-state index contributed by atoms with van der Waals surface area (Å²) in [7, 11) is 0. The maximum absolute atomic E-state index is 12.0. The molecule has 0 saturated carbocycles.